The van der Waals surface area contributed by atoms with Crippen molar-refractivity contribution in [2.45, 2.75) is 31.3 Å². The van der Waals surface area contributed by atoms with E-state index in [1.165, 1.54) is 12.8 Å². The summed E-state index contributed by atoms with van der Waals surface area (Å²) < 4.78 is 0. The second-order valence-corrected chi connectivity index (χ2v) is 5.46. The summed E-state index contributed by atoms with van der Waals surface area (Å²) in [6.45, 7) is 1.77. The Balaban J connectivity index is 1.89. The molecule has 0 amide bonds. The molecule has 0 aliphatic carbocycles. The molecule has 1 aromatic heterocycles. The van der Waals surface area contributed by atoms with Crippen LogP contribution in [0, 0.1) is 0 Å². The number of likely N-dealkylation sites (N-methyl/N-ethyl adjacent to an activating group) is 1. The Morgan fingerprint density at radius 1 is 1.37 bits per heavy atom. The molecule has 2 aliphatic rings. The molecule has 0 aromatic carbocycles. The lowest BCUT2D eigenvalue weighted by molar-refractivity contribution is 0.0697. The number of hydrogen-bond donors (Lipinski definition) is 1. The second kappa shape index (κ2) is 4.81. The number of anilines is 1. The van der Waals surface area contributed by atoms with E-state index in [1.54, 1.807) is 18.3 Å². The zero-order chi connectivity index (χ0) is 13.4. The minimum absolute atomic E-state index is 0.308. The van der Waals surface area contributed by atoms with E-state index in [-0.39, 0.29) is 0 Å². The van der Waals surface area contributed by atoms with Crippen molar-refractivity contribution < 1.29 is 9.90 Å². The molecule has 0 spiro atoms. The molecule has 19 heavy (non-hydrogen) atoms. The van der Waals surface area contributed by atoms with Gasteiger partial charge in [0.2, 0.25) is 0 Å². The Hall–Kier alpha value is -1.62. The van der Waals surface area contributed by atoms with Gasteiger partial charge in [-0.05, 0) is 38.4 Å². The molecule has 2 saturated heterocycles. The summed E-state index contributed by atoms with van der Waals surface area (Å²) in [5, 5.41) is 9.27. The van der Waals surface area contributed by atoms with Crippen molar-refractivity contribution >= 4 is 11.8 Å². The molecule has 2 unspecified atom stereocenters. The van der Waals surface area contributed by atoms with Gasteiger partial charge < -0.3 is 10.0 Å². The summed E-state index contributed by atoms with van der Waals surface area (Å²) >= 11 is 0. The van der Waals surface area contributed by atoms with E-state index in [2.05, 4.69) is 21.8 Å². The molecular weight excluding hydrogens is 242 g/mol. The Morgan fingerprint density at radius 3 is 2.95 bits per heavy atom. The van der Waals surface area contributed by atoms with Gasteiger partial charge >= 0.3 is 5.97 Å². The number of carboxylic acid groups (broad SMARTS) is 1. The SMILES string of the molecule is CN1C2CCC1CN(c1ncccc1C(=O)O)CC2. The number of fused-ring (bicyclic) bond motifs is 2. The monoisotopic (exact) mass is 261 g/mol. The van der Waals surface area contributed by atoms with Crippen LogP contribution in [0.2, 0.25) is 0 Å². The van der Waals surface area contributed by atoms with Gasteiger partial charge in [-0.15, -0.1) is 0 Å². The van der Waals surface area contributed by atoms with Crippen molar-refractivity contribution in [3.8, 4) is 0 Å². The maximum atomic E-state index is 11.3. The van der Waals surface area contributed by atoms with Crippen LogP contribution in [-0.2, 0) is 0 Å². The van der Waals surface area contributed by atoms with Gasteiger partial charge in [-0.1, -0.05) is 0 Å². The fourth-order valence-electron chi connectivity index (χ4n) is 3.32. The fraction of sp³-hybridized carbons (Fsp3) is 0.571. The Labute approximate surface area is 112 Å². The lowest BCUT2D eigenvalue weighted by Gasteiger charge is -2.27. The molecule has 2 bridgehead atoms. The van der Waals surface area contributed by atoms with Crippen molar-refractivity contribution in [1.29, 1.82) is 0 Å². The van der Waals surface area contributed by atoms with Crippen LogP contribution < -0.4 is 4.90 Å². The van der Waals surface area contributed by atoms with Crippen molar-refractivity contribution in [2.75, 3.05) is 25.0 Å². The minimum atomic E-state index is -0.897. The smallest absolute Gasteiger partial charge is 0.339 e. The van der Waals surface area contributed by atoms with E-state index in [1.807, 2.05) is 0 Å². The lowest BCUT2D eigenvalue weighted by Crippen LogP contribution is -2.37. The van der Waals surface area contributed by atoms with E-state index in [0.29, 0.717) is 23.5 Å². The first-order valence-electron chi connectivity index (χ1n) is 6.82. The minimum Gasteiger partial charge on any atom is -0.478 e. The highest BCUT2D eigenvalue weighted by Crippen LogP contribution is 2.31. The topological polar surface area (TPSA) is 56.7 Å². The maximum absolute atomic E-state index is 11.3. The molecule has 0 radical (unpaired) electrons. The number of rotatable bonds is 2. The zero-order valence-electron chi connectivity index (χ0n) is 11.1. The number of pyridine rings is 1. The van der Waals surface area contributed by atoms with Gasteiger partial charge in [-0.2, -0.15) is 0 Å². The summed E-state index contributed by atoms with van der Waals surface area (Å²) in [5.41, 5.74) is 0.308. The Morgan fingerprint density at radius 2 is 2.16 bits per heavy atom. The van der Waals surface area contributed by atoms with Crippen LogP contribution in [0.5, 0.6) is 0 Å². The standard InChI is InChI=1S/C14H19N3O2/c1-16-10-4-5-11(16)9-17(8-6-10)13-12(14(18)19)3-2-7-15-13/h2-3,7,10-11H,4-6,8-9H2,1H3,(H,18,19). The molecule has 5 heteroatoms. The Bertz CT molecular complexity index is 491. The van der Waals surface area contributed by atoms with Crippen LogP contribution in [-0.4, -0.2) is 53.2 Å². The molecular formula is C14H19N3O2. The highest BCUT2D eigenvalue weighted by Gasteiger charge is 2.35. The van der Waals surface area contributed by atoms with E-state index in [9.17, 15) is 9.90 Å². The molecule has 2 fully saturated rings. The van der Waals surface area contributed by atoms with Crippen LogP contribution in [0.3, 0.4) is 0 Å². The average Bonchev–Trinajstić information content (AvgIpc) is 2.63. The molecule has 2 aliphatic heterocycles. The van der Waals surface area contributed by atoms with Gasteiger partial charge in [0, 0.05) is 31.4 Å². The van der Waals surface area contributed by atoms with Crippen molar-refractivity contribution in [3.05, 3.63) is 23.9 Å². The van der Waals surface area contributed by atoms with Crippen LogP contribution in [0.25, 0.3) is 0 Å². The fourth-order valence-corrected chi connectivity index (χ4v) is 3.32. The predicted molar refractivity (Wildman–Crippen MR) is 72.6 cm³/mol. The van der Waals surface area contributed by atoms with Crippen molar-refractivity contribution in [3.63, 3.8) is 0 Å². The van der Waals surface area contributed by atoms with Crippen molar-refractivity contribution in [1.82, 2.24) is 9.88 Å². The third-order valence-electron chi connectivity index (χ3n) is 4.47. The number of aromatic carboxylic acids is 1. The summed E-state index contributed by atoms with van der Waals surface area (Å²) in [6, 6.07) is 4.49. The van der Waals surface area contributed by atoms with E-state index < -0.39 is 5.97 Å². The summed E-state index contributed by atoms with van der Waals surface area (Å²) in [4.78, 5) is 20.2. The van der Waals surface area contributed by atoms with Gasteiger partial charge in [0.15, 0.2) is 0 Å². The molecule has 102 valence electrons. The van der Waals surface area contributed by atoms with Gasteiger partial charge in [0.25, 0.3) is 0 Å². The number of aromatic nitrogens is 1. The Kier molecular flexibility index (Phi) is 3.14. The summed E-state index contributed by atoms with van der Waals surface area (Å²) in [6.07, 6.45) is 5.23. The maximum Gasteiger partial charge on any atom is 0.339 e. The van der Waals surface area contributed by atoms with Crippen molar-refractivity contribution in [2.24, 2.45) is 0 Å². The van der Waals surface area contributed by atoms with Gasteiger partial charge in [-0.3, -0.25) is 4.90 Å². The molecule has 3 heterocycles. The third kappa shape index (κ3) is 2.18. The van der Waals surface area contributed by atoms with Gasteiger partial charge in [0.1, 0.15) is 11.4 Å². The molecule has 5 nitrogen and oxygen atoms in total. The highest BCUT2D eigenvalue weighted by atomic mass is 16.4. The number of hydrogen-bond acceptors (Lipinski definition) is 4. The quantitative estimate of drug-likeness (QED) is 0.873. The summed E-state index contributed by atoms with van der Waals surface area (Å²) in [5.74, 6) is -0.276. The van der Waals surface area contributed by atoms with E-state index in [4.69, 9.17) is 0 Å². The molecule has 0 saturated carbocycles. The highest BCUT2D eigenvalue weighted by molar-refractivity contribution is 5.93. The number of carbonyl (C=O) groups is 1. The van der Waals surface area contributed by atoms with Gasteiger partial charge in [-0.25, -0.2) is 9.78 Å². The first-order valence-corrected chi connectivity index (χ1v) is 6.82. The zero-order valence-corrected chi connectivity index (χ0v) is 11.1. The summed E-state index contributed by atoms with van der Waals surface area (Å²) in [7, 11) is 2.18. The van der Waals surface area contributed by atoms with Crippen LogP contribution in [0.15, 0.2) is 18.3 Å². The van der Waals surface area contributed by atoms with Crippen LogP contribution in [0.4, 0.5) is 5.82 Å². The van der Waals surface area contributed by atoms with E-state index in [0.717, 1.165) is 19.5 Å². The normalized spacial score (nSPS) is 27.3. The first-order chi connectivity index (χ1) is 9.16. The third-order valence-corrected chi connectivity index (χ3v) is 4.47. The number of nitrogens with zero attached hydrogens (tertiary/aromatic N) is 3. The molecule has 3 rings (SSSR count). The van der Waals surface area contributed by atoms with Crippen LogP contribution in [0.1, 0.15) is 29.6 Å². The average molecular weight is 261 g/mol. The van der Waals surface area contributed by atoms with Gasteiger partial charge in [0.05, 0.1) is 0 Å². The predicted octanol–water partition coefficient (Wildman–Crippen LogP) is 1.45. The van der Waals surface area contributed by atoms with Crippen LogP contribution >= 0.6 is 0 Å². The first kappa shape index (κ1) is 12.4. The molecule has 1 N–H and O–H groups in total. The largest absolute Gasteiger partial charge is 0.478 e. The molecule has 1 aromatic rings. The molecule has 2 atom stereocenters. The lowest BCUT2D eigenvalue weighted by atomic mass is 10.1. The second-order valence-electron chi connectivity index (χ2n) is 5.46. The number of carboxylic acids is 1. The van der Waals surface area contributed by atoms with E-state index >= 15 is 0 Å².